The van der Waals surface area contributed by atoms with Gasteiger partial charge in [-0.3, -0.25) is 10.1 Å². The number of nitro benzene ring substituents is 1. The molecule has 2 heterocycles. The molecule has 0 spiro atoms. The molecule has 29 heavy (non-hydrogen) atoms. The Morgan fingerprint density at radius 1 is 1.24 bits per heavy atom. The summed E-state index contributed by atoms with van der Waals surface area (Å²) in [7, 11) is 1.97. The average molecular weight is 405 g/mol. The van der Waals surface area contributed by atoms with Crippen molar-refractivity contribution in [2.24, 2.45) is 0 Å². The van der Waals surface area contributed by atoms with Crippen molar-refractivity contribution in [2.45, 2.75) is 6.17 Å². The summed E-state index contributed by atoms with van der Waals surface area (Å²) in [4.78, 5) is 16.9. The van der Waals surface area contributed by atoms with Crippen molar-refractivity contribution in [1.29, 1.82) is 0 Å². The average Bonchev–Trinajstić information content (AvgIpc) is 3.36. The number of anilines is 1. The molecule has 8 heteroatoms. The Hall–Kier alpha value is -3.65. The van der Waals surface area contributed by atoms with Crippen molar-refractivity contribution in [3.63, 3.8) is 0 Å². The van der Waals surface area contributed by atoms with Crippen molar-refractivity contribution in [1.82, 2.24) is 15.2 Å². The van der Waals surface area contributed by atoms with Gasteiger partial charge in [-0.15, -0.1) is 11.3 Å². The van der Waals surface area contributed by atoms with Crippen LogP contribution >= 0.6 is 11.3 Å². The van der Waals surface area contributed by atoms with Gasteiger partial charge in [0, 0.05) is 30.8 Å². The molecule has 1 aliphatic rings. The standard InChI is InChI=1S/C21H19N5O2S/c1-14(23-21-22-12-13-29-21)19-18(15-6-4-3-5-7-15)24-20(25(19)2)16-8-10-17(11-9-16)26(27)28/h3-13,20,24H,1H2,2H3,(H,22,23). The van der Waals surface area contributed by atoms with E-state index in [1.54, 1.807) is 18.3 Å². The molecule has 0 amide bonds. The summed E-state index contributed by atoms with van der Waals surface area (Å²) in [5, 5.41) is 20.5. The summed E-state index contributed by atoms with van der Waals surface area (Å²) in [5.41, 5.74) is 4.59. The predicted molar refractivity (Wildman–Crippen MR) is 115 cm³/mol. The second-order valence-corrected chi connectivity index (χ2v) is 7.43. The fraction of sp³-hybridized carbons (Fsp3) is 0.0952. The van der Waals surface area contributed by atoms with Crippen LogP contribution in [0.4, 0.5) is 10.8 Å². The smallest absolute Gasteiger partial charge is 0.269 e. The Morgan fingerprint density at radius 2 is 1.97 bits per heavy atom. The van der Waals surface area contributed by atoms with E-state index in [9.17, 15) is 10.1 Å². The highest BCUT2D eigenvalue weighted by Gasteiger charge is 2.32. The molecule has 1 aromatic heterocycles. The molecular formula is C21H19N5O2S. The summed E-state index contributed by atoms with van der Waals surface area (Å²) in [6.45, 7) is 4.23. The van der Waals surface area contributed by atoms with Crippen LogP contribution in [-0.4, -0.2) is 21.9 Å². The van der Waals surface area contributed by atoms with Crippen LogP contribution in [0, 0.1) is 10.1 Å². The minimum absolute atomic E-state index is 0.0701. The fourth-order valence-corrected chi connectivity index (χ4v) is 3.91. The van der Waals surface area contributed by atoms with E-state index in [-0.39, 0.29) is 11.9 Å². The lowest BCUT2D eigenvalue weighted by Crippen LogP contribution is -2.27. The number of non-ortho nitro benzene ring substituents is 1. The molecule has 0 aliphatic carbocycles. The maximum Gasteiger partial charge on any atom is 0.269 e. The van der Waals surface area contributed by atoms with Crippen molar-refractivity contribution >= 4 is 27.9 Å². The molecule has 2 aromatic carbocycles. The highest BCUT2D eigenvalue weighted by molar-refractivity contribution is 7.13. The number of likely N-dealkylation sites (N-methyl/N-ethyl adjacent to an activating group) is 1. The largest absolute Gasteiger partial charge is 0.359 e. The number of hydrogen-bond acceptors (Lipinski definition) is 7. The third-order valence-electron chi connectivity index (χ3n) is 4.72. The van der Waals surface area contributed by atoms with Crippen LogP contribution in [0.1, 0.15) is 17.3 Å². The van der Waals surface area contributed by atoms with Crippen LogP contribution in [0.25, 0.3) is 5.70 Å². The van der Waals surface area contributed by atoms with E-state index < -0.39 is 4.92 Å². The van der Waals surface area contributed by atoms with E-state index in [0.717, 1.165) is 33.3 Å². The van der Waals surface area contributed by atoms with Gasteiger partial charge in [0.1, 0.15) is 6.17 Å². The Kier molecular flexibility index (Phi) is 5.01. The number of benzene rings is 2. The van der Waals surface area contributed by atoms with Crippen LogP contribution in [0.5, 0.6) is 0 Å². The zero-order chi connectivity index (χ0) is 20.4. The zero-order valence-electron chi connectivity index (χ0n) is 15.7. The van der Waals surface area contributed by atoms with Gasteiger partial charge in [-0.2, -0.15) is 0 Å². The summed E-state index contributed by atoms with van der Waals surface area (Å²) >= 11 is 1.50. The van der Waals surface area contributed by atoms with E-state index in [1.807, 2.05) is 42.8 Å². The maximum atomic E-state index is 11.0. The van der Waals surface area contributed by atoms with E-state index in [4.69, 9.17) is 0 Å². The second kappa shape index (κ2) is 7.76. The van der Waals surface area contributed by atoms with E-state index in [0.29, 0.717) is 0 Å². The van der Waals surface area contributed by atoms with Gasteiger partial charge in [0.15, 0.2) is 5.13 Å². The van der Waals surface area contributed by atoms with Gasteiger partial charge in [-0.1, -0.05) is 36.9 Å². The third kappa shape index (κ3) is 3.70. The van der Waals surface area contributed by atoms with Gasteiger partial charge in [0.05, 0.1) is 22.0 Å². The Labute approximate surface area is 172 Å². The van der Waals surface area contributed by atoms with Crippen molar-refractivity contribution < 1.29 is 4.92 Å². The SMILES string of the molecule is C=C(Nc1nccs1)C1=C(c2ccccc2)NC(c2ccc([N+](=O)[O-])cc2)N1C. The molecule has 0 bridgehead atoms. The first kappa shape index (κ1) is 18.7. The third-order valence-corrected chi connectivity index (χ3v) is 5.40. The molecule has 7 nitrogen and oxygen atoms in total. The predicted octanol–water partition coefficient (Wildman–Crippen LogP) is 4.58. The number of rotatable bonds is 6. The first-order valence-electron chi connectivity index (χ1n) is 8.94. The van der Waals surface area contributed by atoms with E-state index >= 15 is 0 Å². The molecule has 0 saturated carbocycles. The number of nitro groups is 1. The fourth-order valence-electron chi connectivity index (χ4n) is 3.35. The van der Waals surface area contributed by atoms with E-state index in [2.05, 4.69) is 27.1 Å². The zero-order valence-corrected chi connectivity index (χ0v) is 16.5. The first-order chi connectivity index (χ1) is 14.0. The highest BCUT2D eigenvalue weighted by atomic mass is 32.1. The van der Waals surface area contributed by atoms with Crippen molar-refractivity contribution in [3.05, 3.63) is 105 Å². The van der Waals surface area contributed by atoms with Gasteiger partial charge in [0.25, 0.3) is 5.69 Å². The molecule has 2 N–H and O–H groups in total. The summed E-state index contributed by atoms with van der Waals surface area (Å²) in [5.74, 6) is 0. The molecule has 1 aliphatic heterocycles. The molecule has 0 radical (unpaired) electrons. The molecule has 1 unspecified atom stereocenters. The van der Waals surface area contributed by atoms with Gasteiger partial charge in [-0.25, -0.2) is 4.98 Å². The molecule has 0 saturated heterocycles. The Morgan fingerprint density at radius 3 is 2.59 bits per heavy atom. The van der Waals surface area contributed by atoms with E-state index in [1.165, 1.54) is 23.5 Å². The lowest BCUT2D eigenvalue weighted by Gasteiger charge is -2.25. The molecule has 1 atom stereocenters. The van der Waals surface area contributed by atoms with Crippen LogP contribution in [0.3, 0.4) is 0 Å². The number of aromatic nitrogens is 1. The number of hydrogen-bond donors (Lipinski definition) is 2. The highest BCUT2D eigenvalue weighted by Crippen LogP contribution is 2.37. The summed E-state index contributed by atoms with van der Waals surface area (Å²) in [6.07, 6.45) is 1.55. The van der Waals surface area contributed by atoms with Gasteiger partial charge < -0.3 is 15.5 Å². The van der Waals surface area contributed by atoms with Crippen LogP contribution in [0.15, 0.2) is 84.1 Å². The summed E-state index contributed by atoms with van der Waals surface area (Å²) in [6, 6.07) is 16.6. The minimum Gasteiger partial charge on any atom is -0.359 e. The van der Waals surface area contributed by atoms with Crippen LogP contribution < -0.4 is 10.6 Å². The summed E-state index contributed by atoms with van der Waals surface area (Å²) < 4.78 is 0. The maximum absolute atomic E-state index is 11.0. The number of nitrogens with zero attached hydrogens (tertiary/aromatic N) is 3. The topological polar surface area (TPSA) is 83.3 Å². The molecule has 3 aromatic rings. The van der Waals surface area contributed by atoms with Gasteiger partial charge in [-0.05, 0) is 23.3 Å². The number of nitrogens with one attached hydrogen (secondary N) is 2. The van der Waals surface area contributed by atoms with Crippen LogP contribution in [0.2, 0.25) is 0 Å². The van der Waals surface area contributed by atoms with Gasteiger partial charge in [0.2, 0.25) is 0 Å². The number of thiazole rings is 1. The second-order valence-electron chi connectivity index (χ2n) is 6.54. The quantitative estimate of drug-likeness (QED) is 0.461. The normalized spacial score (nSPS) is 15.9. The van der Waals surface area contributed by atoms with Crippen molar-refractivity contribution in [3.8, 4) is 0 Å². The van der Waals surface area contributed by atoms with Crippen molar-refractivity contribution in [2.75, 3.05) is 12.4 Å². The monoisotopic (exact) mass is 405 g/mol. The molecule has 4 rings (SSSR count). The van der Waals surface area contributed by atoms with Gasteiger partial charge >= 0.3 is 0 Å². The molecule has 0 fully saturated rings. The minimum atomic E-state index is -0.394. The van der Waals surface area contributed by atoms with Crippen LogP contribution in [-0.2, 0) is 0 Å². The Bertz CT molecular complexity index is 1060. The lowest BCUT2D eigenvalue weighted by atomic mass is 10.1. The Balaban J connectivity index is 1.69. The molecule has 146 valence electrons. The lowest BCUT2D eigenvalue weighted by molar-refractivity contribution is -0.384. The molecular weight excluding hydrogens is 386 g/mol. The first-order valence-corrected chi connectivity index (χ1v) is 9.82.